The van der Waals surface area contributed by atoms with Crippen molar-refractivity contribution >= 4 is 11.6 Å². The zero-order chi connectivity index (χ0) is 13.0. The molecule has 2 aromatic rings. The number of ether oxygens (including phenoxy) is 1. The predicted molar refractivity (Wildman–Crippen MR) is 65.9 cm³/mol. The van der Waals surface area contributed by atoms with E-state index in [-0.39, 0.29) is 18.2 Å². The minimum absolute atomic E-state index is 0.0671. The monoisotopic (exact) mass is 267 g/mol. The van der Waals surface area contributed by atoms with Crippen molar-refractivity contribution in [2.24, 2.45) is 0 Å². The Morgan fingerprint density at radius 2 is 2.11 bits per heavy atom. The summed E-state index contributed by atoms with van der Waals surface area (Å²) < 4.78 is 18.6. The molecule has 3 nitrogen and oxygen atoms in total. The Kier molecular flexibility index (Phi) is 4.12. The molecular formula is C13H11ClFNO2. The van der Waals surface area contributed by atoms with Gasteiger partial charge in [0.25, 0.3) is 0 Å². The van der Waals surface area contributed by atoms with E-state index in [9.17, 15) is 4.39 Å². The Bertz CT molecular complexity index is 531. The van der Waals surface area contributed by atoms with Gasteiger partial charge in [0.05, 0.1) is 23.5 Å². The number of pyridine rings is 1. The summed E-state index contributed by atoms with van der Waals surface area (Å²) in [4.78, 5) is 3.97. The molecular weight excluding hydrogens is 257 g/mol. The Balaban J connectivity index is 2.04. The highest BCUT2D eigenvalue weighted by Gasteiger charge is 2.06. The molecule has 0 saturated heterocycles. The Hall–Kier alpha value is -1.65. The van der Waals surface area contributed by atoms with E-state index >= 15 is 0 Å². The molecule has 0 aliphatic heterocycles. The van der Waals surface area contributed by atoms with Crippen LogP contribution in [0.3, 0.4) is 0 Å². The van der Waals surface area contributed by atoms with Crippen LogP contribution in [0.15, 0.2) is 36.5 Å². The van der Waals surface area contributed by atoms with Crippen molar-refractivity contribution in [3.63, 3.8) is 0 Å². The second kappa shape index (κ2) is 5.80. The maximum absolute atomic E-state index is 13.2. The molecule has 0 unspecified atom stereocenters. The van der Waals surface area contributed by atoms with Crippen molar-refractivity contribution in [3.8, 4) is 5.75 Å². The fourth-order valence-electron chi connectivity index (χ4n) is 1.41. The molecule has 0 atom stereocenters. The molecule has 0 amide bonds. The lowest BCUT2D eigenvalue weighted by atomic mass is 10.2. The lowest BCUT2D eigenvalue weighted by Gasteiger charge is -2.08. The summed E-state index contributed by atoms with van der Waals surface area (Å²) in [6.45, 7) is 0.0484. The molecule has 2 rings (SSSR count). The third-order valence-corrected chi connectivity index (χ3v) is 2.81. The van der Waals surface area contributed by atoms with E-state index in [0.29, 0.717) is 17.0 Å². The van der Waals surface area contributed by atoms with Crippen molar-refractivity contribution in [2.45, 2.75) is 13.2 Å². The van der Waals surface area contributed by atoms with Gasteiger partial charge in [0.2, 0.25) is 0 Å². The van der Waals surface area contributed by atoms with Gasteiger partial charge in [-0.25, -0.2) is 4.39 Å². The summed E-state index contributed by atoms with van der Waals surface area (Å²) in [5, 5.41) is 8.91. The molecule has 0 spiro atoms. The van der Waals surface area contributed by atoms with Crippen LogP contribution in [0.1, 0.15) is 11.3 Å². The quantitative estimate of drug-likeness (QED) is 0.926. The van der Waals surface area contributed by atoms with Gasteiger partial charge in [0.15, 0.2) is 0 Å². The summed E-state index contributed by atoms with van der Waals surface area (Å²) >= 11 is 5.80. The highest BCUT2D eigenvalue weighted by atomic mass is 35.5. The standard InChI is InChI=1S/C13H11ClFNO2/c14-13-9(2-1-3-12(13)15)8-18-11-5-4-10(7-17)16-6-11/h1-6,17H,7-8H2. The minimum atomic E-state index is -0.466. The summed E-state index contributed by atoms with van der Waals surface area (Å²) in [6.07, 6.45) is 1.50. The van der Waals surface area contributed by atoms with Gasteiger partial charge in [0.1, 0.15) is 18.2 Å². The number of rotatable bonds is 4. The largest absolute Gasteiger partial charge is 0.487 e. The Labute approximate surface area is 109 Å². The molecule has 94 valence electrons. The SMILES string of the molecule is OCc1ccc(OCc2cccc(F)c2Cl)cn1. The first-order valence-electron chi connectivity index (χ1n) is 5.32. The second-order valence-electron chi connectivity index (χ2n) is 3.64. The van der Waals surface area contributed by atoms with Crippen molar-refractivity contribution in [2.75, 3.05) is 0 Å². The molecule has 0 fully saturated rings. The van der Waals surface area contributed by atoms with Crippen LogP contribution in [0.25, 0.3) is 0 Å². The molecule has 0 bridgehead atoms. The Morgan fingerprint density at radius 1 is 1.28 bits per heavy atom. The number of nitrogens with zero attached hydrogens (tertiary/aromatic N) is 1. The third-order valence-electron chi connectivity index (χ3n) is 2.39. The number of benzene rings is 1. The Morgan fingerprint density at radius 3 is 2.78 bits per heavy atom. The smallest absolute Gasteiger partial charge is 0.142 e. The van der Waals surface area contributed by atoms with Crippen LogP contribution >= 0.6 is 11.6 Å². The normalized spacial score (nSPS) is 10.4. The number of aliphatic hydroxyl groups is 1. The predicted octanol–water partition coefficient (Wildman–Crippen LogP) is 2.95. The summed E-state index contributed by atoms with van der Waals surface area (Å²) in [7, 11) is 0. The van der Waals surface area contributed by atoms with Crippen LogP contribution in [-0.2, 0) is 13.2 Å². The van der Waals surface area contributed by atoms with Gasteiger partial charge >= 0.3 is 0 Å². The minimum Gasteiger partial charge on any atom is -0.487 e. The van der Waals surface area contributed by atoms with Gasteiger partial charge in [0, 0.05) is 5.56 Å². The molecule has 1 aromatic heterocycles. The number of aliphatic hydroxyl groups excluding tert-OH is 1. The van der Waals surface area contributed by atoms with E-state index in [1.165, 1.54) is 12.3 Å². The third kappa shape index (κ3) is 2.97. The first kappa shape index (κ1) is 12.8. The van der Waals surface area contributed by atoms with Crippen LogP contribution in [0.2, 0.25) is 5.02 Å². The van der Waals surface area contributed by atoms with Gasteiger partial charge in [-0.05, 0) is 18.2 Å². The van der Waals surface area contributed by atoms with Gasteiger partial charge < -0.3 is 9.84 Å². The van der Waals surface area contributed by atoms with E-state index in [1.54, 1.807) is 24.3 Å². The number of hydrogen-bond donors (Lipinski definition) is 1. The molecule has 1 heterocycles. The fraction of sp³-hybridized carbons (Fsp3) is 0.154. The van der Waals surface area contributed by atoms with Crippen molar-refractivity contribution < 1.29 is 14.2 Å². The molecule has 18 heavy (non-hydrogen) atoms. The molecule has 1 N–H and O–H groups in total. The average Bonchev–Trinajstić information content (AvgIpc) is 2.41. The highest BCUT2D eigenvalue weighted by Crippen LogP contribution is 2.21. The summed E-state index contributed by atoms with van der Waals surface area (Å²) in [5.74, 6) is 0.0686. The summed E-state index contributed by atoms with van der Waals surface area (Å²) in [5.41, 5.74) is 1.13. The van der Waals surface area contributed by atoms with E-state index in [2.05, 4.69) is 4.98 Å². The molecule has 5 heteroatoms. The lowest BCUT2D eigenvalue weighted by molar-refractivity contribution is 0.275. The first-order chi connectivity index (χ1) is 8.70. The van der Waals surface area contributed by atoms with Gasteiger partial charge in [-0.1, -0.05) is 23.7 Å². The fourth-order valence-corrected chi connectivity index (χ4v) is 1.59. The summed E-state index contributed by atoms with van der Waals surface area (Å²) in [6, 6.07) is 7.91. The van der Waals surface area contributed by atoms with Crippen LogP contribution < -0.4 is 4.74 Å². The number of aromatic nitrogens is 1. The average molecular weight is 268 g/mol. The number of hydrogen-bond acceptors (Lipinski definition) is 3. The second-order valence-corrected chi connectivity index (χ2v) is 4.02. The maximum Gasteiger partial charge on any atom is 0.142 e. The van der Waals surface area contributed by atoms with E-state index in [4.69, 9.17) is 21.4 Å². The van der Waals surface area contributed by atoms with E-state index in [0.717, 1.165) is 0 Å². The molecule has 1 aromatic carbocycles. The highest BCUT2D eigenvalue weighted by molar-refractivity contribution is 6.31. The maximum atomic E-state index is 13.2. The van der Waals surface area contributed by atoms with Gasteiger partial charge in [-0.15, -0.1) is 0 Å². The van der Waals surface area contributed by atoms with Crippen LogP contribution in [0, 0.1) is 5.82 Å². The zero-order valence-corrected chi connectivity index (χ0v) is 10.2. The van der Waals surface area contributed by atoms with Crippen molar-refractivity contribution in [1.29, 1.82) is 0 Å². The lowest BCUT2D eigenvalue weighted by Crippen LogP contribution is -1.98. The molecule has 0 aliphatic carbocycles. The molecule has 0 aliphatic rings. The van der Waals surface area contributed by atoms with E-state index in [1.807, 2.05) is 0 Å². The molecule has 0 radical (unpaired) electrons. The number of halogens is 2. The topological polar surface area (TPSA) is 42.4 Å². The first-order valence-corrected chi connectivity index (χ1v) is 5.70. The van der Waals surface area contributed by atoms with Gasteiger partial charge in [-0.3, -0.25) is 4.98 Å². The van der Waals surface area contributed by atoms with Crippen molar-refractivity contribution in [3.05, 3.63) is 58.6 Å². The van der Waals surface area contributed by atoms with Gasteiger partial charge in [-0.2, -0.15) is 0 Å². The van der Waals surface area contributed by atoms with E-state index < -0.39 is 5.82 Å². The van der Waals surface area contributed by atoms with Crippen LogP contribution in [-0.4, -0.2) is 10.1 Å². The zero-order valence-electron chi connectivity index (χ0n) is 9.44. The van der Waals surface area contributed by atoms with Crippen LogP contribution in [0.4, 0.5) is 4.39 Å². The van der Waals surface area contributed by atoms with Crippen LogP contribution in [0.5, 0.6) is 5.75 Å². The van der Waals surface area contributed by atoms with Crippen molar-refractivity contribution in [1.82, 2.24) is 4.98 Å². The molecule has 0 saturated carbocycles.